The molecule has 0 aliphatic rings. The fraction of sp³-hybridized carbons (Fsp3) is 0.273. The van der Waals surface area contributed by atoms with Gasteiger partial charge < -0.3 is 5.32 Å². The fourth-order valence-corrected chi connectivity index (χ4v) is 3.66. The topological polar surface area (TPSA) is 12.0 Å². The van der Waals surface area contributed by atoms with Gasteiger partial charge in [-0.05, 0) is 52.0 Å². The van der Waals surface area contributed by atoms with Crippen LogP contribution in [0.2, 0.25) is 0 Å². The van der Waals surface area contributed by atoms with Crippen LogP contribution in [0.4, 0.5) is 0 Å². The van der Waals surface area contributed by atoms with E-state index in [0.717, 1.165) is 13.1 Å². The Bertz CT molecular complexity index is 433. The van der Waals surface area contributed by atoms with Gasteiger partial charge in [0.05, 0.1) is 3.79 Å². The highest BCUT2D eigenvalue weighted by Crippen LogP contribution is 2.22. The molecule has 2 aromatic heterocycles. The maximum absolute atomic E-state index is 3.47. The smallest absolute Gasteiger partial charge is 0.0701 e. The lowest BCUT2D eigenvalue weighted by Gasteiger charge is -2.01. The molecule has 1 nitrogen and oxygen atoms in total. The number of halogens is 1. The van der Waals surface area contributed by atoms with Crippen molar-refractivity contribution in [2.24, 2.45) is 0 Å². The average molecular weight is 302 g/mol. The molecule has 0 saturated heterocycles. The van der Waals surface area contributed by atoms with Gasteiger partial charge in [-0.3, -0.25) is 0 Å². The molecule has 0 fully saturated rings. The van der Waals surface area contributed by atoms with Gasteiger partial charge in [-0.1, -0.05) is 0 Å². The van der Waals surface area contributed by atoms with Gasteiger partial charge in [0.1, 0.15) is 0 Å². The first-order valence-corrected chi connectivity index (χ1v) is 7.22. The third-order valence-corrected chi connectivity index (χ3v) is 4.83. The highest BCUT2D eigenvalue weighted by molar-refractivity contribution is 9.11. The summed E-state index contributed by atoms with van der Waals surface area (Å²) in [4.78, 5) is 2.81. The summed E-state index contributed by atoms with van der Waals surface area (Å²) in [5.74, 6) is 0. The van der Waals surface area contributed by atoms with Gasteiger partial charge in [0.2, 0.25) is 0 Å². The predicted molar refractivity (Wildman–Crippen MR) is 71.6 cm³/mol. The van der Waals surface area contributed by atoms with Crippen molar-refractivity contribution in [1.82, 2.24) is 5.32 Å². The van der Waals surface area contributed by atoms with E-state index in [1.54, 1.807) is 11.3 Å². The predicted octanol–water partition coefficient (Wildman–Crippen LogP) is 4.17. The Morgan fingerprint density at radius 3 is 2.73 bits per heavy atom. The van der Waals surface area contributed by atoms with E-state index in [4.69, 9.17) is 0 Å². The molecule has 15 heavy (non-hydrogen) atoms. The highest BCUT2D eigenvalue weighted by Gasteiger charge is 2.00. The molecular formula is C11H12BrNS2. The van der Waals surface area contributed by atoms with Crippen LogP contribution in [0.3, 0.4) is 0 Å². The van der Waals surface area contributed by atoms with Crippen molar-refractivity contribution >= 4 is 38.6 Å². The van der Waals surface area contributed by atoms with Gasteiger partial charge >= 0.3 is 0 Å². The van der Waals surface area contributed by atoms with E-state index in [0.29, 0.717) is 0 Å². The second-order valence-corrected chi connectivity index (χ2v) is 6.88. The standard InChI is InChI=1S/C11H12BrNS2/c1-8-4-5-14-10(8)7-13-6-9-2-3-11(12)15-9/h2-5,13H,6-7H2,1H3. The summed E-state index contributed by atoms with van der Waals surface area (Å²) >= 11 is 7.08. The minimum Gasteiger partial charge on any atom is -0.307 e. The van der Waals surface area contributed by atoms with E-state index >= 15 is 0 Å². The van der Waals surface area contributed by atoms with E-state index in [1.807, 2.05) is 11.3 Å². The highest BCUT2D eigenvalue weighted by atomic mass is 79.9. The van der Waals surface area contributed by atoms with Crippen LogP contribution in [-0.4, -0.2) is 0 Å². The molecule has 0 aromatic carbocycles. The number of nitrogens with one attached hydrogen (secondary N) is 1. The second kappa shape index (κ2) is 5.25. The normalized spacial score (nSPS) is 10.8. The summed E-state index contributed by atoms with van der Waals surface area (Å²) in [6.07, 6.45) is 0. The first-order chi connectivity index (χ1) is 7.25. The number of hydrogen-bond donors (Lipinski definition) is 1. The summed E-state index contributed by atoms with van der Waals surface area (Å²) in [6.45, 7) is 4.09. The third-order valence-electron chi connectivity index (χ3n) is 2.18. The Labute approximate surface area is 106 Å². The van der Waals surface area contributed by atoms with Gasteiger partial charge in [-0.15, -0.1) is 22.7 Å². The number of rotatable bonds is 4. The maximum atomic E-state index is 3.47. The van der Waals surface area contributed by atoms with Crippen molar-refractivity contribution in [2.45, 2.75) is 20.0 Å². The minimum atomic E-state index is 0.952. The molecule has 2 aromatic rings. The van der Waals surface area contributed by atoms with Crippen LogP contribution < -0.4 is 5.32 Å². The molecule has 0 saturated carbocycles. The van der Waals surface area contributed by atoms with Gasteiger partial charge in [-0.2, -0.15) is 0 Å². The van der Waals surface area contributed by atoms with Crippen LogP contribution >= 0.6 is 38.6 Å². The molecule has 2 rings (SSSR count). The lowest BCUT2D eigenvalue weighted by atomic mass is 10.3. The summed E-state index contributed by atoms with van der Waals surface area (Å²) < 4.78 is 1.20. The lowest BCUT2D eigenvalue weighted by molar-refractivity contribution is 0.706. The molecular weight excluding hydrogens is 290 g/mol. The summed E-state index contributed by atoms with van der Waals surface area (Å²) in [5, 5.41) is 5.61. The van der Waals surface area contributed by atoms with Crippen molar-refractivity contribution in [3.05, 3.63) is 42.7 Å². The summed E-state index contributed by atoms with van der Waals surface area (Å²) in [6, 6.07) is 6.42. The zero-order valence-electron chi connectivity index (χ0n) is 8.42. The molecule has 0 unspecified atom stereocenters. The molecule has 0 bridgehead atoms. The SMILES string of the molecule is Cc1ccsc1CNCc1ccc(Br)s1. The minimum absolute atomic E-state index is 0.952. The number of thiophene rings is 2. The third kappa shape index (κ3) is 3.14. The average Bonchev–Trinajstić information content (AvgIpc) is 2.77. The molecule has 0 atom stereocenters. The summed E-state index contributed by atoms with van der Waals surface area (Å²) in [7, 11) is 0. The monoisotopic (exact) mass is 301 g/mol. The Morgan fingerprint density at radius 1 is 1.27 bits per heavy atom. The fourth-order valence-electron chi connectivity index (χ4n) is 1.33. The van der Waals surface area contributed by atoms with E-state index < -0.39 is 0 Å². The Hall–Kier alpha value is -0.160. The number of hydrogen-bond acceptors (Lipinski definition) is 3. The quantitative estimate of drug-likeness (QED) is 0.894. The molecule has 0 radical (unpaired) electrons. The molecule has 4 heteroatoms. The Balaban J connectivity index is 1.83. The van der Waals surface area contributed by atoms with Crippen LogP contribution in [0.1, 0.15) is 15.3 Å². The van der Waals surface area contributed by atoms with Crippen LogP contribution in [-0.2, 0) is 13.1 Å². The van der Waals surface area contributed by atoms with Crippen LogP contribution in [0, 0.1) is 6.92 Å². The van der Waals surface area contributed by atoms with Gasteiger partial charge in [0.25, 0.3) is 0 Å². The first kappa shape index (κ1) is 11.3. The van der Waals surface area contributed by atoms with Crippen LogP contribution in [0.5, 0.6) is 0 Å². The number of aryl methyl sites for hydroxylation is 1. The van der Waals surface area contributed by atoms with Crippen molar-refractivity contribution in [3.8, 4) is 0 Å². The maximum Gasteiger partial charge on any atom is 0.0701 e. The van der Waals surface area contributed by atoms with Crippen molar-refractivity contribution in [2.75, 3.05) is 0 Å². The largest absolute Gasteiger partial charge is 0.307 e. The molecule has 2 heterocycles. The van der Waals surface area contributed by atoms with E-state index in [9.17, 15) is 0 Å². The first-order valence-electron chi connectivity index (χ1n) is 4.73. The van der Waals surface area contributed by atoms with Crippen LogP contribution in [0.15, 0.2) is 27.4 Å². The Kier molecular flexibility index (Phi) is 3.97. The molecule has 0 spiro atoms. The van der Waals surface area contributed by atoms with Gasteiger partial charge in [0.15, 0.2) is 0 Å². The van der Waals surface area contributed by atoms with Crippen molar-refractivity contribution < 1.29 is 0 Å². The van der Waals surface area contributed by atoms with E-state index in [2.05, 4.69) is 51.7 Å². The van der Waals surface area contributed by atoms with E-state index in [-0.39, 0.29) is 0 Å². The lowest BCUT2D eigenvalue weighted by Crippen LogP contribution is -2.11. The molecule has 80 valence electrons. The van der Waals surface area contributed by atoms with Crippen molar-refractivity contribution in [3.63, 3.8) is 0 Å². The zero-order valence-corrected chi connectivity index (χ0v) is 11.6. The van der Waals surface area contributed by atoms with E-state index in [1.165, 1.54) is 19.1 Å². The van der Waals surface area contributed by atoms with Gasteiger partial charge in [-0.25, -0.2) is 0 Å². The van der Waals surface area contributed by atoms with Crippen molar-refractivity contribution in [1.29, 1.82) is 0 Å². The molecule has 0 aliphatic heterocycles. The van der Waals surface area contributed by atoms with Gasteiger partial charge in [0, 0.05) is 22.8 Å². The zero-order chi connectivity index (χ0) is 10.7. The molecule has 0 aliphatic carbocycles. The molecule has 1 N–H and O–H groups in total. The second-order valence-electron chi connectivity index (χ2n) is 3.34. The summed E-state index contributed by atoms with van der Waals surface area (Å²) in [5.41, 5.74) is 1.39. The molecule has 0 amide bonds. The van der Waals surface area contributed by atoms with Crippen LogP contribution in [0.25, 0.3) is 0 Å². The Morgan fingerprint density at radius 2 is 2.13 bits per heavy atom.